The van der Waals surface area contributed by atoms with E-state index in [9.17, 15) is 14.0 Å². The Labute approximate surface area is 234 Å². The van der Waals surface area contributed by atoms with Gasteiger partial charge in [0.2, 0.25) is 5.91 Å². The first-order chi connectivity index (χ1) is 18.2. The van der Waals surface area contributed by atoms with Crippen LogP contribution in [0.3, 0.4) is 0 Å². The van der Waals surface area contributed by atoms with Gasteiger partial charge in [-0.1, -0.05) is 48.2 Å². The van der Waals surface area contributed by atoms with Crippen LogP contribution in [0.1, 0.15) is 60.0 Å². The Hall–Kier alpha value is -2.15. The molecule has 1 aliphatic carbocycles. The highest BCUT2D eigenvalue weighted by Crippen LogP contribution is 2.46. The molecule has 0 spiro atoms. The third kappa shape index (κ3) is 5.20. The van der Waals surface area contributed by atoms with E-state index >= 15 is 0 Å². The molecule has 5 nitrogen and oxygen atoms in total. The van der Waals surface area contributed by atoms with Crippen molar-refractivity contribution in [2.75, 3.05) is 40.3 Å². The number of benzene rings is 2. The van der Waals surface area contributed by atoms with E-state index in [1.165, 1.54) is 11.0 Å². The van der Waals surface area contributed by atoms with Gasteiger partial charge < -0.3 is 9.80 Å². The summed E-state index contributed by atoms with van der Waals surface area (Å²) in [6.45, 7) is 3.47. The van der Waals surface area contributed by atoms with Crippen LogP contribution < -0.4 is 0 Å². The lowest BCUT2D eigenvalue weighted by molar-refractivity contribution is -0.139. The molecule has 2 aromatic carbocycles. The van der Waals surface area contributed by atoms with Crippen LogP contribution in [0.25, 0.3) is 0 Å². The number of rotatable bonds is 6. The number of likely N-dealkylation sites (tertiary alicyclic amines) is 2. The van der Waals surface area contributed by atoms with Crippen molar-refractivity contribution in [3.63, 3.8) is 0 Å². The maximum atomic E-state index is 14.9. The maximum absolute atomic E-state index is 14.9. The Kier molecular flexibility index (Phi) is 8.04. The Balaban J connectivity index is 1.15. The summed E-state index contributed by atoms with van der Waals surface area (Å²) < 4.78 is 14.9. The van der Waals surface area contributed by atoms with Gasteiger partial charge >= 0.3 is 0 Å². The fraction of sp³-hybridized carbons (Fsp3) is 0.533. The van der Waals surface area contributed by atoms with Crippen LogP contribution in [0.5, 0.6) is 0 Å². The molecule has 0 N–H and O–H groups in total. The summed E-state index contributed by atoms with van der Waals surface area (Å²) in [6.07, 6.45) is 5.97. The van der Waals surface area contributed by atoms with Crippen molar-refractivity contribution in [3.05, 3.63) is 69.0 Å². The third-order valence-corrected chi connectivity index (χ3v) is 9.38. The zero-order chi connectivity index (χ0) is 27.0. The Morgan fingerprint density at radius 2 is 1.71 bits per heavy atom. The average Bonchev–Trinajstić information content (AvgIpc) is 3.36. The van der Waals surface area contributed by atoms with Crippen molar-refractivity contribution in [1.82, 2.24) is 14.7 Å². The maximum Gasteiger partial charge on any atom is 0.254 e. The summed E-state index contributed by atoms with van der Waals surface area (Å²) in [4.78, 5) is 32.1. The number of carbonyl (C=O) groups excluding carboxylic acids is 2. The predicted molar refractivity (Wildman–Crippen MR) is 149 cm³/mol. The zero-order valence-corrected chi connectivity index (χ0v) is 23.7. The number of halogens is 3. The number of hydrogen-bond donors (Lipinski definition) is 0. The summed E-state index contributed by atoms with van der Waals surface area (Å²) in [6, 6.07) is 11.0. The van der Waals surface area contributed by atoms with Crippen LogP contribution in [-0.2, 0) is 16.6 Å². The fourth-order valence-electron chi connectivity index (χ4n) is 6.71. The standard InChI is InChI=1S/C30H36Cl2FN3O2/c1-34(2)28(37)23-9-8-20(17-25(23)32)16-21-18-36(19-21)22-10-14-35(15-11-22)29(38)30(12-3-4-13-30)27-24(31)6-5-7-26(27)33/h5-9,17,21-22H,3-4,10-16,18-19H2,1-2H3. The molecule has 0 atom stereocenters. The minimum absolute atomic E-state index is 0.0509. The fourth-order valence-corrected chi connectivity index (χ4v) is 7.34. The van der Waals surface area contributed by atoms with Gasteiger partial charge in [0.05, 0.1) is 16.0 Å². The van der Waals surface area contributed by atoms with Crippen LogP contribution in [0.15, 0.2) is 36.4 Å². The van der Waals surface area contributed by atoms with Crippen LogP contribution >= 0.6 is 23.2 Å². The second-order valence-corrected chi connectivity index (χ2v) is 12.3. The van der Waals surface area contributed by atoms with E-state index in [4.69, 9.17) is 23.2 Å². The molecule has 1 saturated carbocycles. The molecule has 0 radical (unpaired) electrons. The summed E-state index contributed by atoms with van der Waals surface area (Å²) in [5, 5.41) is 0.869. The van der Waals surface area contributed by atoms with E-state index in [-0.39, 0.29) is 17.6 Å². The molecule has 2 saturated heterocycles. The van der Waals surface area contributed by atoms with Crippen molar-refractivity contribution in [1.29, 1.82) is 0 Å². The van der Waals surface area contributed by atoms with Crippen molar-refractivity contribution in [3.8, 4) is 0 Å². The van der Waals surface area contributed by atoms with Crippen LogP contribution in [0.4, 0.5) is 4.39 Å². The van der Waals surface area contributed by atoms with Gasteiger partial charge in [0.1, 0.15) is 5.82 Å². The van der Waals surface area contributed by atoms with Gasteiger partial charge in [-0.3, -0.25) is 14.5 Å². The lowest BCUT2D eigenvalue weighted by Gasteiger charge is -2.48. The van der Waals surface area contributed by atoms with Crippen LogP contribution in [0.2, 0.25) is 10.0 Å². The number of carbonyl (C=O) groups is 2. The molecule has 0 aromatic heterocycles. The molecule has 204 valence electrons. The van der Waals surface area contributed by atoms with E-state index in [2.05, 4.69) is 4.90 Å². The highest BCUT2D eigenvalue weighted by molar-refractivity contribution is 6.34. The molecule has 38 heavy (non-hydrogen) atoms. The van der Waals surface area contributed by atoms with Gasteiger partial charge in [-0.15, -0.1) is 0 Å². The number of nitrogens with zero attached hydrogens (tertiary/aromatic N) is 3. The molecular weight excluding hydrogens is 524 g/mol. The predicted octanol–water partition coefficient (Wildman–Crippen LogP) is 5.81. The van der Waals surface area contributed by atoms with Gasteiger partial charge in [0, 0.05) is 56.9 Å². The number of amides is 2. The average molecular weight is 561 g/mol. The van der Waals surface area contributed by atoms with E-state index in [1.807, 2.05) is 23.1 Å². The van der Waals surface area contributed by atoms with Crippen molar-refractivity contribution >= 4 is 35.0 Å². The zero-order valence-electron chi connectivity index (χ0n) is 22.2. The lowest BCUT2D eigenvalue weighted by atomic mass is 9.76. The van der Waals surface area contributed by atoms with Gasteiger partial charge in [-0.05, 0) is 67.9 Å². The summed E-state index contributed by atoms with van der Waals surface area (Å²) >= 11 is 12.8. The molecule has 2 aliphatic heterocycles. The topological polar surface area (TPSA) is 43.9 Å². The van der Waals surface area contributed by atoms with Crippen molar-refractivity contribution < 1.29 is 14.0 Å². The molecule has 3 fully saturated rings. The van der Waals surface area contributed by atoms with Gasteiger partial charge in [-0.2, -0.15) is 0 Å². The van der Waals surface area contributed by atoms with Crippen molar-refractivity contribution in [2.45, 2.75) is 56.4 Å². The summed E-state index contributed by atoms with van der Waals surface area (Å²) in [5.41, 5.74) is 1.26. The minimum atomic E-state index is -0.828. The second kappa shape index (κ2) is 11.1. The van der Waals surface area contributed by atoms with Gasteiger partial charge in [-0.25, -0.2) is 4.39 Å². The Morgan fingerprint density at radius 1 is 1.03 bits per heavy atom. The highest BCUT2D eigenvalue weighted by atomic mass is 35.5. The molecule has 3 aliphatic rings. The van der Waals surface area contributed by atoms with Gasteiger partial charge in [0.25, 0.3) is 5.91 Å². The first-order valence-corrected chi connectivity index (χ1v) is 14.4. The third-order valence-electron chi connectivity index (χ3n) is 8.76. The molecule has 8 heteroatoms. The Morgan fingerprint density at radius 3 is 2.32 bits per heavy atom. The van der Waals surface area contributed by atoms with Crippen LogP contribution in [-0.4, -0.2) is 72.8 Å². The van der Waals surface area contributed by atoms with E-state index in [0.29, 0.717) is 59.1 Å². The highest BCUT2D eigenvalue weighted by Gasteiger charge is 2.48. The monoisotopic (exact) mass is 559 g/mol. The SMILES string of the molecule is CN(C)C(=O)c1ccc(CC2CN(C3CCN(C(=O)C4(c5c(F)cccc5Cl)CCCC4)CC3)C2)cc1Cl. The summed E-state index contributed by atoms with van der Waals surface area (Å²) in [7, 11) is 3.45. The molecule has 2 heterocycles. The first kappa shape index (κ1) is 27.4. The van der Waals surface area contributed by atoms with Crippen LogP contribution in [0, 0.1) is 11.7 Å². The molecule has 5 rings (SSSR count). The second-order valence-electron chi connectivity index (χ2n) is 11.4. The summed E-state index contributed by atoms with van der Waals surface area (Å²) in [5.74, 6) is 0.160. The lowest BCUT2D eigenvalue weighted by Crippen LogP contribution is -2.57. The number of piperidine rings is 1. The Bertz CT molecular complexity index is 1180. The normalized spacial score (nSPS) is 20.4. The molecule has 2 aromatic rings. The molecular formula is C30H36Cl2FN3O2. The quantitative estimate of drug-likeness (QED) is 0.448. The van der Waals surface area contributed by atoms with Gasteiger partial charge in [0.15, 0.2) is 0 Å². The molecule has 0 unspecified atom stereocenters. The number of hydrogen-bond acceptors (Lipinski definition) is 3. The molecule has 2 amide bonds. The van der Waals surface area contributed by atoms with Crippen molar-refractivity contribution in [2.24, 2.45) is 5.92 Å². The van der Waals surface area contributed by atoms with E-state index in [1.54, 1.807) is 26.2 Å². The first-order valence-electron chi connectivity index (χ1n) is 13.7. The largest absolute Gasteiger partial charge is 0.345 e. The van der Waals surface area contributed by atoms with E-state index < -0.39 is 5.41 Å². The molecule has 0 bridgehead atoms. The van der Waals surface area contributed by atoms with E-state index in [0.717, 1.165) is 50.8 Å². The smallest absolute Gasteiger partial charge is 0.254 e. The minimum Gasteiger partial charge on any atom is -0.345 e.